The van der Waals surface area contributed by atoms with Gasteiger partial charge in [-0.05, 0) is 19.0 Å². The molecule has 1 N–H and O–H groups in total. The van der Waals surface area contributed by atoms with Gasteiger partial charge in [0.25, 0.3) is 0 Å². The molecule has 1 fully saturated rings. The third-order valence-corrected chi connectivity index (χ3v) is 7.23. The smallest absolute Gasteiger partial charge is 0.0620 e. The molecule has 1 aliphatic heterocycles. The van der Waals surface area contributed by atoms with E-state index in [-0.39, 0.29) is 0 Å². The molecule has 2 rings (SSSR count). The zero-order valence-electron chi connectivity index (χ0n) is 12.3. The summed E-state index contributed by atoms with van der Waals surface area (Å²) in [7, 11) is 2.04. The van der Waals surface area contributed by atoms with Gasteiger partial charge in [-0.25, -0.2) is 0 Å². The van der Waals surface area contributed by atoms with Crippen LogP contribution in [-0.2, 0) is 7.05 Å². The highest BCUT2D eigenvalue weighted by Crippen LogP contribution is 2.40. The summed E-state index contributed by atoms with van der Waals surface area (Å²) in [6.45, 7) is 7.99. The Morgan fingerprint density at radius 2 is 2.26 bits per heavy atom. The Balaban J connectivity index is 2.11. The fraction of sp³-hybridized carbons (Fsp3) is 0.786. The van der Waals surface area contributed by atoms with Crippen LogP contribution in [-0.4, -0.2) is 37.8 Å². The SMILES string of the molecule is CCCNC(c1ccnn1C)C1CSC(C)C(C)S1. The standard InChI is InChI=1S/C14H25N3S2/c1-5-7-15-14(12-6-8-16-17(12)4)13-9-18-10(2)11(3)19-13/h6,8,10-11,13-15H,5,7,9H2,1-4H3. The zero-order chi connectivity index (χ0) is 13.8. The molecule has 4 unspecified atom stereocenters. The number of aryl methyl sites for hydroxylation is 1. The van der Waals surface area contributed by atoms with Gasteiger partial charge in [0.05, 0.1) is 11.7 Å². The van der Waals surface area contributed by atoms with E-state index in [2.05, 4.69) is 60.8 Å². The monoisotopic (exact) mass is 299 g/mol. The van der Waals surface area contributed by atoms with Crippen LogP contribution in [0.25, 0.3) is 0 Å². The van der Waals surface area contributed by atoms with Crippen LogP contribution in [0.15, 0.2) is 12.3 Å². The van der Waals surface area contributed by atoms with Crippen molar-refractivity contribution in [3.8, 4) is 0 Å². The number of thioether (sulfide) groups is 2. The zero-order valence-corrected chi connectivity index (χ0v) is 13.9. The summed E-state index contributed by atoms with van der Waals surface area (Å²) in [6.07, 6.45) is 3.08. The van der Waals surface area contributed by atoms with E-state index >= 15 is 0 Å². The van der Waals surface area contributed by atoms with Gasteiger partial charge in [-0.15, -0.1) is 0 Å². The maximum atomic E-state index is 4.34. The molecule has 0 aliphatic carbocycles. The summed E-state index contributed by atoms with van der Waals surface area (Å²) < 4.78 is 2.02. The lowest BCUT2D eigenvalue weighted by atomic mass is 10.1. The summed E-state index contributed by atoms with van der Waals surface area (Å²) in [5.74, 6) is 1.22. The molecule has 0 radical (unpaired) electrons. The molecule has 108 valence electrons. The van der Waals surface area contributed by atoms with E-state index < -0.39 is 0 Å². The molecule has 1 aromatic rings. The van der Waals surface area contributed by atoms with Crippen LogP contribution in [0.2, 0.25) is 0 Å². The molecule has 0 aromatic carbocycles. The van der Waals surface area contributed by atoms with Crippen molar-refractivity contribution >= 4 is 23.5 Å². The Labute approximate surface area is 125 Å². The first-order valence-corrected chi connectivity index (χ1v) is 9.11. The number of hydrogen-bond acceptors (Lipinski definition) is 4. The molecule has 5 heteroatoms. The van der Waals surface area contributed by atoms with Crippen LogP contribution < -0.4 is 5.32 Å². The second-order valence-electron chi connectivity index (χ2n) is 5.23. The van der Waals surface area contributed by atoms with E-state index in [1.807, 2.05) is 17.9 Å². The quantitative estimate of drug-likeness (QED) is 0.905. The predicted molar refractivity (Wildman–Crippen MR) is 87.0 cm³/mol. The second-order valence-corrected chi connectivity index (χ2v) is 8.26. The molecule has 1 aliphatic rings. The van der Waals surface area contributed by atoms with Crippen molar-refractivity contribution in [2.75, 3.05) is 12.3 Å². The average molecular weight is 300 g/mol. The summed E-state index contributed by atoms with van der Waals surface area (Å²) in [4.78, 5) is 0. The van der Waals surface area contributed by atoms with Crippen molar-refractivity contribution in [1.82, 2.24) is 15.1 Å². The molecule has 0 bridgehead atoms. The Hall–Kier alpha value is -0.130. The molecule has 0 amide bonds. The Morgan fingerprint density at radius 1 is 1.47 bits per heavy atom. The summed E-state index contributed by atoms with van der Waals surface area (Å²) in [6, 6.07) is 2.57. The topological polar surface area (TPSA) is 29.9 Å². The number of rotatable bonds is 5. The Morgan fingerprint density at radius 3 is 2.84 bits per heavy atom. The molecule has 1 saturated heterocycles. The van der Waals surface area contributed by atoms with E-state index in [0.29, 0.717) is 11.3 Å². The third-order valence-electron chi connectivity index (χ3n) is 3.74. The van der Waals surface area contributed by atoms with Crippen molar-refractivity contribution in [3.63, 3.8) is 0 Å². The first-order valence-electron chi connectivity index (χ1n) is 7.11. The van der Waals surface area contributed by atoms with E-state index in [9.17, 15) is 0 Å². The van der Waals surface area contributed by atoms with Crippen molar-refractivity contribution in [2.45, 2.75) is 49.0 Å². The van der Waals surface area contributed by atoms with E-state index in [1.165, 1.54) is 17.9 Å². The van der Waals surface area contributed by atoms with Gasteiger partial charge < -0.3 is 5.32 Å². The average Bonchev–Trinajstić information content (AvgIpc) is 2.80. The molecule has 3 nitrogen and oxygen atoms in total. The van der Waals surface area contributed by atoms with E-state index in [0.717, 1.165) is 17.0 Å². The van der Waals surface area contributed by atoms with E-state index in [4.69, 9.17) is 0 Å². The fourth-order valence-electron chi connectivity index (χ4n) is 2.40. The number of aromatic nitrogens is 2. The highest BCUT2D eigenvalue weighted by Gasteiger charge is 2.32. The predicted octanol–water partition coefficient (Wildman–Crippen LogP) is 3.09. The summed E-state index contributed by atoms with van der Waals surface area (Å²) >= 11 is 4.24. The third kappa shape index (κ3) is 3.70. The molecular formula is C14H25N3S2. The molecular weight excluding hydrogens is 274 g/mol. The Kier molecular flexibility index (Phi) is 5.66. The maximum Gasteiger partial charge on any atom is 0.0620 e. The minimum Gasteiger partial charge on any atom is -0.308 e. The van der Waals surface area contributed by atoms with Gasteiger partial charge >= 0.3 is 0 Å². The van der Waals surface area contributed by atoms with Gasteiger partial charge in [0.15, 0.2) is 0 Å². The van der Waals surface area contributed by atoms with Crippen molar-refractivity contribution in [3.05, 3.63) is 18.0 Å². The fourth-order valence-corrected chi connectivity index (χ4v) is 5.50. The first-order chi connectivity index (χ1) is 9.13. The lowest BCUT2D eigenvalue weighted by Gasteiger charge is -2.36. The van der Waals surface area contributed by atoms with Gasteiger partial charge in [-0.3, -0.25) is 4.68 Å². The molecule has 0 saturated carbocycles. The molecule has 0 spiro atoms. The highest BCUT2D eigenvalue weighted by atomic mass is 32.2. The van der Waals surface area contributed by atoms with Crippen molar-refractivity contribution in [2.24, 2.45) is 7.05 Å². The normalized spacial score (nSPS) is 29.4. The van der Waals surface area contributed by atoms with Crippen LogP contribution >= 0.6 is 23.5 Å². The van der Waals surface area contributed by atoms with Gasteiger partial charge in [-0.1, -0.05) is 20.8 Å². The highest BCUT2D eigenvalue weighted by molar-refractivity contribution is 8.07. The minimum atomic E-state index is 0.417. The van der Waals surface area contributed by atoms with Crippen LogP contribution in [0.3, 0.4) is 0 Å². The second kappa shape index (κ2) is 7.04. The molecule has 2 heterocycles. The lowest BCUT2D eigenvalue weighted by molar-refractivity contribution is 0.492. The molecule has 1 aromatic heterocycles. The van der Waals surface area contributed by atoms with Crippen LogP contribution in [0.5, 0.6) is 0 Å². The van der Waals surface area contributed by atoms with Gasteiger partial charge in [0.1, 0.15) is 0 Å². The van der Waals surface area contributed by atoms with Crippen LogP contribution in [0.4, 0.5) is 0 Å². The van der Waals surface area contributed by atoms with Gasteiger partial charge in [-0.2, -0.15) is 28.6 Å². The van der Waals surface area contributed by atoms with Gasteiger partial charge in [0, 0.05) is 34.7 Å². The lowest BCUT2D eigenvalue weighted by Crippen LogP contribution is -2.38. The van der Waals surface area contributed by atoms with Gasteiger partial charge in [0.2, 0.25) is 0 Å². The maximum absolute atomic E-state index is 4.34. The van der Waals surface area contributed by atoms with Crippen LogP contribution in [0.1, 0.15) is 38.9 Å². The summed E-state index contributed by atoms with van der Waals surface area (Å²) in [5, 5.41) is 10.2. The largest absolute Gasteiger partial charge is 0.308 e. The number of hydrogen-bond donors (Lipinski definition) is 1. The van der Waals surface area contributed by atoms with E-state index in [1.54, 1.807) is 0 Å². The van der Waals surface area contributed by atoms with Crippen LogP contribution in [0, 0.1) is 0 Å². The minimum absolute atomic E-state index is 0.417. The Bertz CT molecular complexity index is 394. The van der Waals surface area contributed by atoms with Crippen molar-refractivity contribution in [1.29, 1.82) is 0 Å². The molecule has 19 heavy (non-hydrogen) atoms. The number of nitrogens with zero attached hydrogens (tertiary/aromatic N) is 2. The molecule has 4 atom stereocenters. The summed E-state index contributed by atoms with van der Waals surface area (Å²) in [5.41, 5.74) is 1.31. The van der Waals surface area contributed by atoms with Crippen molar-refractivity contribution < 1.29 is 0 Å². The number of nitrogens with one attached hydrogen (secondary N) is 1. The first kappa shape index (κ1) is 15.3.